The average molecular weight is 509 g/mol. The largest absolute Gasteiger partial charge is 0.493 e. The first kappa shape index (κ1) is 25.8. The number of nitrogens with zero attached hydrogens (tertiary/aromatic N) is 2. The van der Waals surface area contributed by atoms with Crippen molar-refractivity contribution < 1.29 is 19.0 Å². The number of pyridine rings is 1. The maximum absolute atomic E-state index is 12.5. The van der Waals surface area contributed by atoms with Crippen LogP contribution in [0.1, 0.15) is 62.5 Å². The van der Waals surface area contributed by atoms with Gasteiger partial charge in [0.15, 0.2) is 11.5 Å². The summed E-state index contributed by atoms with van der Waals surface area (Å²) in [5.41, 5.74) is 2.45. The number of rotatable bonds is 8. The van der Waals surface area contributed by atoms with Crippen LogP contribution in [0.3, 0.4) is 0 Å². The fourth-order valence-electron chi connectivity index (χ4n) is 4.24. The highest BCUT2D eigenvalue weighted by Crippen LogP contribution is 2.38. The number of anilines is 2. The third-order valence-corrected chi connectivity index (χ3v) is 6.35. The SMILES string of the molecule is COc1ccc(N(Cc2ncccc2Cl)c2ccc(C(=O)OC(C)(C)C)cc2)cc1OC1CCCC1. The summed E-state index contributed by atoms with van der Waals surface area (Å²) in [5, 5.41) is 0.587. The monoisotopic (exact) mass is 508 g/mol. The number of methoxy groups -OCH3 is 1. The Morgan fingerprint density at radius 3 is 2.36 bits per heavy atom. The lowest BCUT2D eigenvalue weighted by Crippen LogP contribution is -2.24. The van der Waals surface area contributed by atoms with E-state index in [4.69, 9.17) is 25.8 Å². The van der Waals surface area contributed by atoms with Crippen LogP contribution in [0.5, 0.6) is 11.5 Å². The lowest BCUT2D eigenvalue weighted by molar-refractivity contribution is 0.00695. The molecule has 1 aliphatic rings. The molecule has 0 radical (unpaired) electrons. The first-order valence-corrected chi connectivity index (χ1v) is 12.7. The van der Waals surface area contributed by atoms with Gasteiger partial charge in [-0.25, -0.2) is 4.79 Å². The minimum atomic E-state index is -0.559. The molecule has 1 fully saturated rings. The van der Waals surface area contributed by atoms with Crippen molar-refractivity contribution in [2.24, 2.45) is 0 Å². The van der Waals surface area contributed by atoms with E-state index in [2.05, 4.69) is 9.88 Å². The summed E-state index contributed by atoms with van der Waals surface area (Å²) in [7, 11) is 1.65. The number of ether oxygens (including phenoxy) is 3. The van der Waals surface area contributed by atoms with Gasteiger partial charge in [-0.1, -0.05) is 11.6 Å². The summed E-state index contributed by atoms with van der Waals surface area (Å²) < 4.78 is 17.4. The molecule has 1 saturated carbocycles. The van der Waals surface area contributed by atoms with Crippen molar-refractivity contribution in [2.75, 3.05) is 12.0 Å². The van der Waals surface area contributed by atoms with E-state index in [0.717, 1.165) is 29.9 Å². The zero-order valence-corrected chi connectivity index (χ0v) is 22.0. The molecule has 7 heteroatoms. The number of carbonyl (C=O) groups is 1. The molecular formula is C29H33ClN2O4. The van der Waals surface area contributed by atoms with Gasteiger partial charge in [0.2, 0.25) is 0 Å². The molecule has 0 saturated heterocycles. The molecule has 190 valence electrons. The molecule has 6 nitrogen and oxygen atoms in total. The second kappa shape index (κ2) is 11.2. The summed E-state index contributed by atoms with van der Waals surface area (Å²) in [6.07, 6.45) is 6.38. The summed E-state index contributed by atoms with van der Waals surface area (Å²) >= 11 is 6.47. The number of esters is 1. The van der Waals surface area contributed by atoms with Crippen molar-refractivity contribution in [3.63, 3.8) is 0 Å². The van der Waals surface area contributed by atoms with Gasteiger partial charge in [0.1, 0.15) is 5.60 Å². The molecule has 1 aromatic heterocycles. The van der Waals surface area contributed by atoms with Crippen molar-refractivity contribution >= 4 is 28.9 Å². The third kappa shape index (κ3) is 6.49. The van der Waals surface area contributed by atoms with Crippen molar-refractivity contribution in [1.82, 2.24) is 4.98 Å². The van der Waals surface area contributed by atoms with E-state index >= 15 is 0 Å². The topological polar surface area (TPSA) is 60.9 Å². The number of hydrogen-bond donors (Lipinski definition) is 0. The van der Waals surface area contributed by atoms with Crippen LogP contribution in [0, 0.1) is 0 Å². The van der Waals surface area contributed by atoms with Gasteiger partial charge in [-0.3, -0.25) is 4.98 Å². The molecule has 0 atom stereocenters. The first-order chi connectivity index (χ1) is 17.2. The zero-order valence-electron chi connectivity index (χ0n) is 21.3. The third-order valence-electron chi connectivity index (χ3n) is 6.01. The Bertz CT molecular complexity index is 1180. The highest BCUT2D eigenvalue weighted by molar-refractivity contribution is 6.31. The van der Waals surface area contributed by atoms with Crippen LogP contribution in [0.4, 0.5) is 11.4 Å². The molecular weight excluding hydrogens is 476 g/mol. The lowest BCUT2D eigenvalue weighted by Gasteiger charge is -2.27. The minimum absolute atomic E-state index is 0.195. The zero-order chi connectivity index (χ0) is 25.7. The smallest absolute Gasteiger partial charge is 0.338 e. The van der Waals surface area contributed by atoms with Crippen LogP contribution in [0.2, 0.25) is 5.02 Å². The number of halogens is 1. The van der Waals surface area contributed by atoms with Gasteiger partial charge in [0.25, 0.3) is 0 Å². The van der Waals surface area contributed by atoms with E-state index in [1.54, 1.807) is 25.4 Å². The molecule has 3 aromatic rings. The molecule has 0 unspecified atom stereocenters. The number of hydrogen-bond acceptors (Lipinski definition) is 6. The van der Waals surface area contributed by atoms with Crippen LogP contribution in [0.25, 0.3) is 0 Å². The van der Waals surface area contributed by atoms with Gasteiger partial charge in [-0.15, -0.1) is 0 Å². The van der Waals surface area contributed by atoms with Crippen LogP contribution in [-0.2, 0) is 11.3 Å². The predicted octanol–water partition coefficient (Wildman–Crippen LogP) is 7.36. The Kier molecular flexibility index (Phi) is 8.04. The van der Waals surface area contributed by atoms with Gasteiger partial charge in [0.05, 0.1) is 36.0 Å². The Labute approximate surface area is 218 Å². The second-order valence-electron chi connectivity index (χ2n) is 9.93. The molecule has 0 bridgehead atoms. The van der Waals surface area contributed by atoms with Crippen molar-refractivity contribution in [2.45, 2.75) is 64.7 Å². The number of carbonyl (C=O) groups excluding carboxylic acids is 1. The highest BCUT2D eigenvalue weighted by atomic mass is 35.5. The van der Waals surface area contributed by atoms with Crippen LogP contribution in [-0.4, -0.2) is 29.8 Å². The van der Waals surface area contributed by atoms with E-state index in [1.807, 2.05) is 63.2 Å². The van der Waals surface area contributed by atoms with Gasteiger partial charge >= 0.3 is 5.97 Å². The molecule has 2 aromatic carbocycles. The van der Waals surface area contributed by atoms with Gasteiger partial charge < -0.3 is 19.1 Å². The van der Waals surface area contributed by atoms with Gasteiger partial charge in [-0.2, -0.15) is 0 Å². The van der Waals surface area contributed by atoms with Crippen molar-refractivity contribution in [3.05, 3.63) is 77.1 Å². The standard InChI is InChI=1S/C29H33ClN2O4/c1-29(2,3)36-28(33)20-11-13-21(14-12-20)32(19-25-24(30)10-7-17-31-25)22-15-16-26(34-4)27(18-22)35-23-8-5-6-9-23/h7,10-18,23H,5-6,8-9,19H2,1-4H3. The summed E-state index contributed by atoms with van der Waals surface area (Å²) in [4.78, 5) is 19.1. The second-order valence-corrected chi connectivity index (χ2v) is 10.3. The van der Waals surface area contributed by atoms with Gasteiger partial charge in [-0.05, 0) is 95.0 Å². The van der Waals surface area contributed by atoms with E-state index in [0.29, 0.717) is 28.6 Å². The summed E-state index contributed by atoms with van der Waals surface area (Å²) in [5.74, 6) is 1.05. The molecule has 0 aliphatic heterocycles. The van der Waals surface area contributed by atoms with E-state index in [1.165, 1.54) is 12.8 Å². The Morgan fingerprint density at radius 2 is 1.72 bits per heavy atom. The van der Waals surface area contributed by atoms with Crippen LogP contribution in [0.15, 0.2) is 60.8 Å². The highest BCUT2D eigenvalue weighted by Gasteiger charge is 2.22. The van der Waals surface area contributed by atoms with Crippen molar-refractivity contribution in [1.29, 1.82) is 0 Å². The molecule has 1 heterocycles. The maximum atomic E-state index is 12.5. The molecule has 0 N–H and O–H groups in total. The van der Waals surface area contributed by atoms with E-state index < -0.39 is 5.60 Å². The lowest BCUT2D eigenvalue weighted by atomic mass is 10.1. The molecule has 1 aliphatic carbocycles. The fourth-order valence-corrected chi connectivity index (χ4v) is 4.42. The average Bonchev–Trinajstić information content (AvgIpc) is 3.36. The van der Waals surface area contributed by atoms with E-state index in [9.17, 15) is 4.79 Å². The van der Waals surface area contributed by atoms with E-state index in [-0.39, 0.29) is 12.1 Å². The van der Waals surface area contributed by atoms with Gasteiger partial charge in [0, 0.05) is 23.6 Å². The van der Waals surface area contributed by atoms with Crippen molar-refractivity contribution in [3.8, 4) is 11.5 Å². The Balaban J connectivity index is 1.69. The Hall–Kier alpha value is -3.25. The van der Waals surface area contributed by atoms with Crippen LogP contribution >= 0.6 is 11.6 Å². The number of aromatic nitrogens is 1. The molecule has 4 rings (SSSR count). The fraction of sp³-hybridized carbons (Fsp3) is 0.379. The van der Waals surface area contributed by atoms with Crippen LogP contribution < -0.4 is 14.4 Å². The Morgan fingerprint density at radius 1 is 1.03 bits per heavy atom. The molecule has 0 spiro atoms. The normalized spacial score (nSPS) is 13.9. The summed E-state index contributed by atoms with van der Waals surface area (Å²) in [6, 6.07) is 16.9. The summed E-state index contributed by atoms with van der Waals surface area (Å²) in [6.45, 7) is 5.99. The number of benzene rings is 2. The minimum Gasteiger partial charge on any atom is -0.493 e. The quantitative estimate of drug-likeness (QED) is 0.296. The molecule has 0 amide bonds. The maximum Gasteiger partial charge on any atom is 0.338 e. The predicted molar refractivity (Wildman–Crippen MR) is 143 cm³/mol. The molecule has 36 heavy (non-hydrogen) atoms. The first-order valence-electron chi connectivity index (χ1n) is 12.3.